The van der Waals surface area contributed by atoms with Crippen LogP contribution in [0.15, 0.2) is 59.6 Å². The number of nitrogens with one attached hydrogen (secondary N) is 1. The summed E-state index contributed by atoms with van der Waals surface area (Å²) in [5, 5.41) is 8.18. The number of carbonyl (C=O) groups excluding carboxylic acids is 2. The fraction of sp³-hybridized carbons (Fsp3) is 0.500. The number of nitrogens with zero attached hydrogens (tertiary/aromatic N) is 6. The highest BCUT2D eigenvalue weighted by Gasteiger charge is 2.31. The molecule has 5 rings (SSSR count). The zero-order valence-corrected chi connectivity index (χ0v) is 28.0. The number of carbonyl (C=O) groups is 2. The first-order chi connectivity index (χ1) is 21.8. The number of piperidine rings is 1. The Balaban J connectivity index is 0.000000409. The van der Waals surface area contributed by atoms with Crippen molar-refractivity contribution in [3.05, 3.63) is 66.0 Å². The summed E-state index contributed by atoms with van der Waals surface area (Å²) in [7, 11) is -0.0869. The summed E-state index contributed by atoms with van der Waals surface area (Å²) in [6.07, 6.45) is 7.14. The van der Waals surface area contributed by atoms with E-state index < -0.39 is 10.1 Å². The number of benzene rings is 1. The molecule has 2 aliphatic rings. The minimum atomic E-state index is -4.00. The van der Waals surface area contributed by atoms with Gasteiger partial charge in [0.15, 0.2) is 5.65 Å². The second-order valence-electron chi connectivity index (χ2n) is 12.2. The van der Waals surface area contributed by atoms with Crippen molar-refractivity contribution in [2.45, 2.75) is 63.0 Å². The van der Waals surface area contributed by atoms with Crippen molar-refractivity contribution in [2.75, 3.05) is 52.1 Å². The maximum absolute atomic E-state index is 12.8. The Kier molecular flexibility index (Phi) is 11.8. The zero-order valence-electron chi connectivity index (χ0n) is 27.2. The second kappa shape index (κ2) is 15.5. The number of amides is 2. The number of fused-ring (bicyclic) bond motifs is 1. The van der Waals surface area contributed by atoms with Crippen LogP contribution in [0.5, 0.6) is 0 Å². The average molecular weight is 656 g/mol. The number of rotatable bonds is 8. The van der Waals surface area contributed by atoms with E-state index in [4.69, 9.17) is 14.3 Å². The highest BCUT2D eigenvalue weighted by atomic mass is 32.2. The topological polar surface area (TPSA) is 150 Å². The number of hydrogen-bond acceptors (Lipinski definition) is 9. The number of aryl methyl sites for hydroxylation is 1. The molecule has 2 fully saturated rings. The minimum Gasteiger partial charge on any atom is -0.444 e. The Morgan fingerprint density at radius 1 is 1.11 bits per heavy atom. The van der Waals surface area contributed by atoms with Crippen LogP contribution in [0.1, 0.15) is 50.3 Å². The first-order valence-electron chi connectivity index (χ1n) is 15.5. The van der Waals surface area contributed by atoms with Gasteiger partial charge in [0.05, 0.1) is 17.6 Å². The molecule has 0 spiro atoms. The Morgan fingerprint density at radius 2 is 1.78 bits per heavy atom. The van der Waals surface area contributed by atoms with Gasteiger partial charge in [0.2, 0.25) is 5.91 Å². The second-order valence-corrected chi connectivity index (χ2v) is 13.6. The molecule has 0 bridgehead atoms. The van der Waals surface area contributed by atoms with E-state index in [9.17, 15) is 18.0 Å². The van der Waals surface area contributed by atoms with E-state index in [1.807, 2.05) is 48.8 Å². The van der Waals surface area contributed by atoms with E-state index in [1.165, 1.54) is 12.1 Å². The van der Waals surface area contributed by atoms with Gasteiger partial charge in [0, 0.05) is 62.0 Å². The summed E-state index contributed by atoms with van der Waals surface area (Å²) < 4.78 is 36.9. The van der Waals surface area contributed by atoms with E-state index in [0.717, 1.165) is 42.1 Å². The highest BCUT2D eigenvalue weighted by molar-refractivity contribution is 7.85. The third-order valence-corrected chi connectivity index (χ3v) is 8.72. The quantitative estimate of drug-likeness (QED) is 0.271. The van der Waals surface area contributed by atoms with Crippen molar-refractivity contribution in [2.24, 2.45) is 0 Å². The Bertz CT molecular complexity index is 1620. The van der Waals surface area contributed by atoms with Crippen molar-refractivity contribution in [3.63, 3.8) is 0 Å². The molecule has 0 radical (unpaired) electrons. The van der Waals surface area contributed by atoms with E-state index in [2.05, 4.69) is 24.3 Å². The molecule has 2 aromatic heterocycles. The standard InChI is InChI=1S/C26H39N7O3.C6H6O3S/c1-18(2)22-16-27-33-23(15-19(3)28-25(22)33)29-20-8-12-31(13-9-20)26(35)36-21-10-14-32(17-21)24(34)7-6-11-30(4)5;7-10(8,9)6-4-2-1-3-5-6/h6-7,15-16,18,20-21,29H,8-14,17H2,1-5H3;1-5H,(H,7,8,9)/b7-6+;/t21-;/m1./s1. The van der Waals surface area contributed by atoms with Crippen LogP contribution >= 0.6 is 0 Å². The van der Waals surface area contributed by atoms with Crippen LogP contribution in [0.3, 0.4) is 0 Å². The number of anilines is 1. The van der Waals surface area contributed by atoms with Crippen LogP contribution in [0.25, 0.3) is 5.65 Å². The van der Waals surface area contributed by atoms with E-state index in [1.54, 1.807) is 34.1 Å². The molecular formula is C32H45N7O6S. The Hall–Kier alpha value is -4.01. The van der Waals surface area contributed by atoms with Crippen molar-refractivity contribution in [3.8, 4) is 0 Å². The summed E-state index contributed by atoms with van der Waals surface area (Å²) in [6, 6.07) is 9.68. The zero-order chi connectivity index (χ0) is 33.4. The molecule has 0 saturated carbocycles. The number of aromatic nitrogens is 3. The van der Waals surface area contributed by atoms with Gasteiger partial charge < -0.3 is 24.8 Å². The van der Waals surface area contributed by atoms with E-state index >= 15 is 0 Å². The maximum Gasteiger partial charge on any atom is 0.410 e. The number of likely N-dealkylation sites (tertiary alicyclic amines) is 2. The van der Waals surface area contributed by atoms with Gasteiger partial charge in [-0.15, -0.1) is 0 Å². The van der Waals surface area contributed by atoms with Gasteiger partial charge >= 0.3 is 6.09 Å². The molecule has 0 aliphatic carbocycles. The van der Waals surface area contributed by atoms with Crippen molar-refractivity contribution < 1.29 is 27.3 Å². The summed E-state index contributed by atoms with van der Waals surface area (Å²) in [5.74, 6) is 1.25. The summed E-state index contributed by atoms with van der Waals surface area (Å²) in [4.78, 5) is 35.2. The molecular weight excluding hydrogens is 610 g/mol. The fourth-order valence-corrected chi connectivity index (χ4v) is 5.83. The number of hydrogen-bond donors (Lipinski definition) is 2. The maximum atomic E-state index is 12.8. The summed E-state index contributed by atoms with van der Waals surface area (Å²) in [5.41, 5.74) is 2.98. The van der Waals surface area contributed by atoms with Gasteiger partial charge in [-0.1, -0.05) is 38.1 Å². The molecule has 2 saturated heterocycles. The molecule has 1 aromatic carbocycles. The van der Waals surface area contributed by atoms with Crippen molar-refractivity contribution >= 4 is 33.6 Å². The molecule has 0 unspecified atom stereocenters. The lowest BCUT2D eigenvalue weighted by Crippen LogP contribution is -2.44. The SMILES string of the molecule is Cc1cc(NC2CCN(C(=O)O[C@@H]3CCN(C(=O)/C=C/CN(C)C)C3)CC2)n2ncc(C(C)C)c2n1.O=S(=O)(O)c1ccccc1. The third kappa shape index (κ3) is 9.50. The van der Waals surface area contributed by atoms with Crippen LogP contribution in [-0.2, 0) is 19.6 Å². The number of likely N-dealkylation sites (N-methyl/N-ethyl adjacent to an activating group) is 1. The minimum absolute atomic E-state index is 0.0274. The molecule has 1 atom stereocenters. The molecule has 2 amide bonds. The predicted octanol–water partition coefficient (Wildman–Crippen LogP) is 3.83. The molecule has 2 N–H and O–H groups in total. The predicted molar refractivity (Wildman–Crippen MR) is 175 cm³/mol. The molecule has 13 nitrogen and oxygen atoms in total. The lowest BCUT2D eigenvalue weighted by Gasteiger charge is -2.33. The third-order valence-electron chi connectivity index (χ3n) is 7.85. The smallest absolute Gasteiger partial charge is 0.410 e. The normalized spacial score (nSPS) is 17.5. The van der Waals surface area contributed by atoms with Crippen LogP contribution in [0.2, 0.25) is 0 Å². The van der Waals surface area contributed by atoms with Gasteiger partial charge in [-0.3, -0.25) is 9.35 Å². The average Bonchev–Trinajstić information content (AvgIpc) is 3.65. The van der Waals surface area contributed by atoms with Gasteiger partial charge in [0.25, 0.3) is 10.1 Å². The molecule has 2 aliphatic heterocycles. The van der Waals surface area contributed by atoms with Crippen molar-refractivity contribution in [1.82, 2.24) is 29.3 Å². The molecule has 14 heteroatoms. The number of ether oxygens (including phenoxy) is 1. The van der Waals surface area contributed by atoms with Gasteiger partial charge in [-0.05, 0) is 51.9 Å². The Labute approximate surface area is 271 Å². The molecule has 46 heavy (non-hydrogen) atoms. The lowest BCUT2D eigenvalue weighted by molar-refractivity contribution is -0.125. The summed E-state index contributed by atoms with van der Waals surface area (Å²) >= 11 is 0. The molecule has 250 valence electrons. The lowest BCUT2D eigenvalue weighted by atomic mass is 10.1. The molecule has 4 heterocycles. The monoisotopic (exact) mass is 655 g/mol. The largest absolute Gasteiger partial charge is 0.444 e. The van der Waals surface area contributed by atoms with E-state index in [0.29, 0.717) is 38.5 Å². The van der Waals surface area contributed by atoms with Crippen LogP contribution < -0.4 is 5.32 Å². The molecule has 3 aromatic rings. The Morgan fingerprint density at radius 3 is 2.39 bits per heavy atom. The van der Waals surface area contributed by atoms with Gasteiger partial charge in [-0.2, -0.15) is 18.0 Å². The van der Waals surface area contributed by atoms with Crippen LogP contribution in [0.4, 0.5) is 10.6 Å². The van der Waals surface area contributed by atoms with Crippen molar-refractivity contribution in [1.29, 1.82) is 0 Å². The van der Waals surface area contributed by atoms with Gasteiger partial charge in [0.1, 0.15) is 11.9 Å². The van der Waals surface area contributed by atoms with Crippen LogP contribution in [-0.4, -0.2) is 113 Å². The van der Waals surface area contributed by atoms with Gasteiger partial charge in [-0.25, -0.2) is 9.78 Å². The highest BCUT2D eigenvalue weighted by Crippen LogP contribution is 2.24. The van der Waals surface area contributed by atoms with Crippen LogP contribution in [0, 0.1) is 6.92 Å². The fourth-order valence-electron chi connectivity index (χ4n) is 5.33. The summed E-state index contributed by atoms with van der Waals surface area (Å²) in [6.45, 7) is 9.33. The first-order valence-corrected chi connectivity index (χ1v) is 17.0. The first kappa shape index (κ1) is 34.9. The van der Waals surface area contributed by atoms with E-state index in [-0.39, 0.29) is 29.0 Å².